The summed E-state index contributed by atoms with van der Waals surface area (Å²) in [6.45, 7) is 5.94. The van der Waals surface area contributed by atoms with E-state index in [4.69, 9.17) is 4.74 Å². The van der Waals surface area contributed by atoms with E-state index in [-0.39, 0.29) is 29.9 Å². The summed E-state index contributed by atoms with van der Waals surface area (Å²) >= 11 is 0. The van der Waals surface area contributed by atoms with Crippen LogP contribution < -0.4 is 0 Å². The third kappa shape index (κ3) is 3.29. The smallest absolute Gasteiger partial charge is 0.228 e. The molecule has 0 N–H and O–H groups in total. The maximum Gasteiger partial charge on any atom is 0.228 e. The van der Waals surface area contributed by atoms with Gasteiger partial charge in [-0.3, -0.25) is 9.59 Å². The number of likely N-dealkylation sites (tertiary alicyclic amines) is 1. The third-order valence-electron chi connectivity index (χ3n) is 5.25. The molecule has 0 aromatic rings. The summed E-state index contributed by atoms with van der Waals surface area (Å²) in [5.74, 6) is 0.181. The van der Waals surface area contributed by atoms with Gasteiger partial charge >= 0.3 is 0 Å². The largest absolute Gasteiger partial charge is 0.372 e. The summed E-state index contributed by atoms with van der Waals surface area (Å²) in [5.41, 5.74) is 0. The summed E-state index contributed by atoms with van der Waals surface area (Å²) in [6.07, 6.45) is 6.49. The number of hydrogen-bond donors (Lipinski definition) is 0. The van der Waals surface area contributed by atoms with Crippen LogP contribution in [0.4, 0.5) is 0 Å². The fourth-order valence-corrected chi connectivity index (χ4v) is 4.26. The first-order chi connectivity index (χ1) is 10.5. The second-order valence-corrected chi connectivity index (χ2v) is 7.24. The van der Waals surface area contributed by atoms with Crippen molar-refractivity contribution in [2.24, 2.45) is 5.92 Å². The molecule has 0 aromatic carbocycles. The molecule has 3 rings (SSSR count). The Bertz CT molecular complexity index is 424. The van der Waals surface area contributed by atoms with E-state index in [9.17, 15) is 9.59 Å². The van der Waals surface area contributed by atoms with Gasteiger partial charge in [-0.15, -0.1) is 0 Å². The van der Waals surface area contributed by atoms with Crippen LogP contribution in [0.15, 0.2) is 0 Å². The number of carbonyl (C=O) groups excluding carboxylic acids is 2. The van der Waals surface area contributed by atoms with Crippen LogP contribution in [0, 0.1) is 5.92 Å². The van der Waals surface area contributed by atoms with Crippen LogP contribution in [0.5, 0.6) is 0 Å². The highest BCUT2D eigenvalue weighted by Gasteiger charge is 2.40. The predicted molar refractivity (Wildman–Crippen MR) is 83.3 cm³/mol. The van der Waals surface area contributed by atoms with Gasteiger partial charge in [0.25, 0.3) is 0 Å². The zero-order chi connectivity index (χ0) is 15.7. The van der Waals surface area contributed by atoms with Crippen LogP contribution in [-0.4, -0.2) is 59.5 Å². The van der Waals surface area contributed by atoms with Crippen molar-refractivity contribution in [1.82, 2.24) is 9.80 Å². The molecular formula is C17H28N2O3. The van der Waals surface area contributed by atoms with Crippen LogP contribution in [0.1, 0.15) is 52.4 Å². The van der Waals surface area contributed by atoms with Crippen LogP contribution in [-0.2, 0) is 14.3 Å². The van der Waals surface area contributed by atoms with Crippen molar-refractivity contribution >= 4 is 11.8 Å². The minimum atomic E-state index is -0.146. The van der Waals surface area contributed by atoms with E-state index in [1.165, 1.54) is 19.3 Å². The molecule has 3 fully saturated rings. The van der Waals surface area contributed by atoms with Gasteiger partial charge in [0.05, 0.1) is 18.1 Å². The quantitative estimate of drug-likeness (QED) is 0.781. The Hall–Kier alpha value is -1.10. The second kappa shape index (κ2) is 6.57. The number of ether oxygens (including phenoxy) is 1. The SMILES string of the molecule is CC1CN(C(=O)C2CC(=O)N(C3CCCCC3)C2)CC(C)O1. The molecule has 1 saturated carbocycles. The fourth-order valence-electron chi connectivity index (χ4n) is 4.26. The van der Waals surface area contributed by atoms with Gasteiger partial charge in [-0.05, 0) is 26.7 Å². The van der Waals surface area contributed by atoms with Crippen LogP contribution >= 0.6 is 0 Å². The normalized spacial score (nSPS) is 34.3. The lowest BCUT2D eigenvalue weighted by Gasteiger charge is -2.36. The van der Waals surface area contributed by atoms with E-state index in [0.717, 1.165) is 12.8 Å². The Morgan fingerprint density at radius 3 is 2.32 bits per heavy atom. The Labute approximate surface area is 133 Å². The van der Waals surface area contributed by atoms with E-state index in [2.05, 4.69) is 0 Å². The van der Waals surface area contributed by atoms with Gasteiger partial charge in [-0.1, -0.05) is 19.3 Å². The Morgan fingerprint density at radius 1 is 1.05 bits per heavy atom. The highest BCUT2D eigenvalue weighted by Crippen LogP contribution is 2.30. The van der Waals surface area contributed by atoms with E-state index < -0.39 is 0 Å². The topological polar surface area (TPSA) is 49.9 Å². The van der Waals surface area contributed by atoms with Crippen molar-refractivity contribution in [3.8, 4) is 0 Å². The third-order valence-corrected chi connectivity index (χ3v) is 5.25. The molecule has 3 atom stereocenters. The summed E-state index contributed by atoms with van der Waals surface area (Å²) < 4.78 is 5.70. The number of rotatable bonds is 2. The van der Waals surface area contributed by atoms with Crippen molar-refractivity contribution < 1.29 is 14.3 Å². The van der Waals surface area contributed by atoms with Crippen molar-refractivity contribution in [1.29, 1.82) is 0 Å². The second-order valence-electron chi connectivity index (χ2n) is 7.24. The monoisotopic (exact) mass is 308 g/mol. The Morgan fingerprint density at radius 2 is 1.68 bits per heavy atom. The van der Waals surface area contributed by atoms with Crippen LogP contribution in [0.3, 0.4) is 0 Å². The molecule has 2 saturated heterocycles. The van der Waals surface area contributed by atoms with Gasteiger partial charge in [0.15, 0.2) is 0 Å². The minimum absolute atomic E-state index is 0.0826. The number of nitrogens with zero attached hydrogens (tertiary/aromatic N) is 2. The number of hydrogen-bond acceptors (Lipinski definition) is 3. The molecule has 22 heavy (non-hydrogen) atoms. The maximum absolute atomic E-state index is 12.8. The van der Waals surface area contributed by atoms with Gasteiger partial charge in [0.2, 0.25) is 11.8 Å². The average molecular weight is 308 g/mol. The van der Waals surface area contributed by atoms with Crippen molar-refractivity contribution in [3.05, 3.63) is 0 Å². The molecule has 2 heterocycles. The highest BCUT2D eigenvalue weighted by atomic mass is 16.5. The number of morpholine rings is 1. The van der Waals surface area contributed by atoms with Crippen molar-refractivity contribution in [2.45, 2.75) is 70.6 Å². The summed E-state index contributed by atoms with van der Waals surface area (Å²) in [7, 11) is 0. The molecule has 5 nitrogen and oxygen atoms in total. The van der Waals surface area contributed by atoms with Crippen LogP contribution in [0.25, 0.3) is 0 Å². The molecule has 0 radical (unpaired) electrons. The summed E-state index contributed by atoms with van der Waals surface area (Å²) in [5, 5.41) is 0. The Kier molecular flexibility index (Phi) is 4.71. The first-order valence-electron chi connectivity index (χ1n) is 8.78. The lowest BCUT2D eigenvalue weighted by Crippen LogP contribution is -2.50. The summed E-state index contributed by atoms with van der Waals surface area (Å²) in [4.78, 5) is 29.0. The zero-order valence-electron chi connectivity index (χ0n) is 13.8. The molecule has 124 valence electrons. The number of carbonyl (C=O) groups is 2. The van der Waals surface area contributed by atoms with Gasteiger partial charge < -0.3 is 14.5 Å². The zero-order valence-corrected chi connectivity index (χ0v) is 13.8. The van der Waals surface area contributed by atoms with Gasteiger partial charge in [-0.2, -0.15) is 0 Å². The lowest BCUT2D eigenvalue weighted by molar-refractivity contribution is -0.147. The minimum Gasteiger partial charge on any atom is -0.372 e. The van der Waals surface area contributed by atoms with E-state index >= 15 is 0 Å². The molecule has 3 unspecified atom stereocenters. The van der Waals surface area contributed by atoms with Gasteiger partial charge in [0, 0.05) is 32.1 Å². The molecular weight excluding hydrogens is 280 g/mol. The molecule has 2 aliphatic heterocycles. The first-order valence-corrected chi connectivity index (χ1v) is 8.78. The van der Waals surface area contributed by atoms with Gasteiger partial charge in [0.1, 0.15) is 0 Å². The molecule has 0 aromatic heterocycles. The molecule has 1 aliphatic carbocycles. The van der Waals surface area contributed by atoms with E-state index in [1.54, 1.807) is 0 Å². The van der Waals surface area contributed by atoms with Crippen molar-refractivity contribution in [3.63, 3.8) is 0 Å². The number of amides is 2. The lowest BCUT2D eigenvalue weighted by atomic mass is 9.94. The van der Waals surface area contributed by atoms with E-state index in [1.807, 2.05) is 23.6 Å². The maximum atomic E-state index is 12.8. The fraction of sp³-hybridized carbons (Fsp3) is 0.882. The predicted octanol–water partition coefficient (Wildman–Crippen LogP) is 1.80. The molecule has 3 aliphatic rings. The molecule has 2 amide bonds. The molecule has 0 bridgehead atoms. The average Bonchev–Trinajstić information content (AvgIpc) is 2.88. The van der Waals surface area contributed by atoms with E-state index in [0.29, 0.717) is 32.1 Å². The summed E-state index contributed by atoms with van der Waals surface area (Å²) in [6, 6.07) is 0.376. The van der Waals surface area contributed by atoms with Crippen molar-refractivity contribution in [2.75, 3.05) is 19.6 Å². The molecule has 0 spiro atoms. The molecule has 5 heteroatoms. The van der Waals surface area contributed by atoms with Crippen LogP contribution in [0.2, 0.25) is 0 Å². The standard InChI is InChI=1S/C17H28N2O3/c1-12-9-18(10-13(2)22-12)17(21)14-8-16(20)19(11-14)15-6-4-3-5-7-15/h12-15H,3-11H2,1-2H3. The highest BCUT2D eigenvalue weighted by molar-refractivity contribution is 5.89. The first kappa shape index (κ1) is 15.8. The Balaban J connectivity index is 1.61. The van der Waals surface area contributed by atoms with Gasteiger partial charge in [-0.25, -0.2) is 0 Å².